The van der Waals surface area contributed by atoms with E-state index in [0.29, 0.717) is 14.6 Å². The predicted molar refractivity (Wildman–Crippen MR) is 80.6 cm³/mol. The van der Waals surface area contributed by atoms with Crippen LogP contribution in [-0.4, -0.2) is 18.7 Å². The highest BCUT2D eigenvalue weighted by Gasteiger charge is 2.24. The molecule has 4 nitrogen and oxygen atoms in total. The van der Waals surface area contributed by atoms with Gasteiger partial charge in [-0.15, -0.1) is 0 Å². The second kappa shape index (κ2) is 5.64. The molecule has 1 aromatic rings. The number of para-hydroxylation sites is 1. The van der Waals surface area contributed by atoms with E-state index < -0.39 is 15.3 Å². The number of anilines is 1. The summed E-state index contributed by atoms with van der Waals surface area (Å²) in [7, 11) is -3.63. The Morgan fingerprint density at radius 3 is 2.29 bits per heavy atom. The van der Waals surface area contributed by atoms with Crippen LogP contribution in [0.15, 0.2) is 27.1 Å². The molecular formula is C9H10Br2N2O2S2. The molecule has 0 aliphatic carbocycles. The van der Waals surface area contributed by atoms with Crippen molar-refractivity contribution in [2.75, 3.05) is 4.72 Å². The van der Waals surface area contributed by atoms with Crippen LogP contribution in [0.2, 0.25) is 0 Å². The zero-order valence-electron chi connectivity index (χ0n) is 8.78. The van der Waals surface area contributed by atoms with Gasteiger partial charge < -0.3 is 5.73 Å². The maximum absolute atomic E-state index is 11.9. The fraction of sp³-hybridized carbons (Fsp3) is 0.222. The van der Waals surface area contributed by atoms with Gasteiger partial charge in [0.05, 0.1) is 10.7 Å². The molecule has 1 unspecified atom stereocenters. The molecule has 94 valence electrons. The molecule has 0 spiro atoms. The van der Waals surface area contributed by atoms with Crippen molar-refractivity contribution in [1.29, 1.82) is 0 Å². The van der Waals surface area contributed by atoms with Crippen molar-refractivity contribution in [2.45, 2.75) is 12.2 Å². The molecule has 0 amide bonds. The van der Waals surface area contributed by atoms with E-state index in [1.54, 1.807) is 18.2 Å². The molecule has 1 aromatic carbocycles. The van der Waals surface area contributed by atoms with E-state index >= 15 is 0 Å². The Kier molecular flexibility index (Phi) is 4.94. The molecule has 0 heterocycles. The topological polar surface area (TPSA) is 72.2 Å². The molecule has 0 aliphatic heterocycles. The third-order valence-electron chi connectivity index (χ3n) is 2.07. The molecule has 1 rings (SSSR count). The second-order valence-corrected chi connectivity index (χ2v) is 7.47. The molecule has 0 aliphatic rings. The van der Waals surface area contributed by atoms with E-state index in [0.717, 1.165) is 0 Å². The van der Waals surface area contributed by atoms with E-state index in [1.165, 1.54) is 6.92 Å². The Morgan fingerprint density at radius 2 is 1.88 bits per heavy atom. The summed E-state index contributed by atoms with van der Waals surface area (Å²) in [6.07, 6.45) is 0. The van der Waals surface area contributed by atoms with Gasteiger partial charge in [0.1, 0.15) is 5.25 Å². The molecule has 0 saturated heterocycles. The van der Waals surface area contributed by atoms with Gasteiger partial charge in [-0.1, -0.05) is 18.3 Å². The summed E-state index contributed by atoms with van der Waals surface area (Å²) < 4.78 is 27.6. The number of nitrogens with one attached hydrogen (secondary N) is 1. The van der Waals surface area contributed by atoms with Gasteiger partial charge >= 0.3 is 0 Å². The van der Waals surface area contributed by atoms with E-state index in [4.69, 9.17) is 5.73 Å². The van der Waals surface area contributed by atoms with Crippen LogP contribution in [0.5, 0.6) is 0 Å². The largest absolute Gasteiger partial charge is 0.392 e. The highest BCUT2D eigenvalue weighted by Crippen LogP contribution is 2.31. The van der Waals surface area contributed by atoms with E-state index in [9.17, 15) is 8.42 Å². The Hall–Kier alpha value is -0.180. The lowest BCUT2D eigenvalue weighted by Crippen LogP contribution is -2.35. The summed E-state index contributed by atoms with van der Waals surface area (Å²) in [6.45, 7) is 1.44. The zero-order chi connectivity index (χ0) is 13.2. The molecule has 17 heavy (non-hydrogen) atoms. The predicted octanol–water partition coefficient (Wildman–Crippen LogP) is 2.63. The average molecular weight is 402 g/mol. The minimum atomic E-state index is -3.63. The van der Waals surface area contributed by atoms with Crippen LogP contribution in [-0.2, 0) is 10.0 Å². The standard InChI is InChI=1S/C9H10Br2N2O2S2/c1-5(9(12)16)17(14,15)13-8-6(10)3-2-4-7(8)11/h2-5,13H,1H3,(H2,12,16). The van der Waals surface area contributed by atoms with Crippen molar-refractivity contribution in [3.8, 4) is 0 Å². The summed E-state index contributed by atoms with van der Waals surface area (Å²) in [4.78, 5) is -0.0688. The van der Waals surface area contributed by atoms with Gasteiger partial charge in [-0.25, -0.2) is 8.42 Å². The number of rotatable bonds is 4. The highest BCUT2D eigenvalue weighted by atomic mass is 79.9. The first-order chi connectivity index (χ1) is 7.75. The first-order valence-corrected chi connectivity index (χ1v) is 8.04. The Bertz CT molecular complexity index is 526. The van der Waals surface area contributed by atoms with Crippen molar-refractivity contribution in [3.63, 3.8) is 0 Å². The number of halogens is 2. The third kappa shape index (κ3) is 3.64. The highest BCUT2D eigenvalue weighted by molar-refractivity contribution is 9.11. The molecule has 3 N–H and O–H groups in total. The van der Waals surface area contributed by atoms with E-state index in [2.05, 4.69) is 48.8 Å². The van der Waals surface area contributed by atoms with Crippen LogP contribution in [0.25, 0.3) is 0 Å². The fourth-order valence-electron chi connectivity index (χ4n) is 0.979. The van der Waals surface area contributed by atoms with Gasteiger partial charge in [0.15, 0.2) is 0 Å². The molecule has 0 saturated carbocycles. The number of benzene rings is 1. The SMILES string of the molecule is CC(C(N)=S)S(=O)(=O)Nc1c(Br)cccc1Br. The van der Waals surface area contributed by atoms with Gasteiger partial charge in [0.2, 0.25) is 10.0 Å². The van der Waals surface area contributed by atoms with Gasteiger partial charge in [0.25, 0.3) is 0 Å². The minimum Gasteiger partial charge on any atom is -0.392 e. The van der Waals surface area contributed by atoms with Gasteiger partial charge in [-0.2, -0.15) is 0 Å². The van der Waals surface area contributed by atoms with Crippen molar-refractivity contribution < 1.29 is 8.42 Å². The van der Waals surface area contributed by atoms with Crippen LogP contribution in [0, 0.1) is 0 Å². The Morgan fingerprint density at radius 1 is 1.41 bits per heavy atom. The summed E-state index contributed by atoms with van der Waals surface area (Å²) in [5.74, 6) is 0. The molecule has 0 fully saturated rings. The number of thiocarbonyl (C=S) groups is 1. The monoisotopic (exact) mass is 400 g/mol. The summed E-state index contributed by atoms with van der Waals surface area (Å²) in [6, 6.07) is 5.24. The Balaban J connectivity index is 3.11. The van der Waals surface area contributed by atoms with Crippen molar-refractivity contribution in [2.24, 2.45) is 5.73 Å². The van der Waals surface area contributed by atoms with Crippen LogP contribution >= 0.6 is 44.1 Å². The van der Waals surface area contributed by atoms with Crippen molar-refractivity contribution >= 4 is 64.8 Å². The molecule has 0 bridgehead atoms. The van der Waals surface area contributed by atoms with Gasteiger partial charge in [-0.3, -0.25) is 4.72 Å². The molecule has 0 aromatic heterocycles. The zero-order valence-corrected chi connectivity index (χ0v) is 13.6. The third-order valence-corrected chi connectivity index (χ3v) is 5.57. The number of hydrogen-bond donors (Lipinski definition) is 2. The van der Waals surface area contributed by atoms with Gasteiger partial charge in [-0.05, 0) is 50.9 Å². The molecule has 1 atom stereocenters. The maximum Gasteiger partial charge on any atom is 0.241 e. The molecule has 0 radical (unpaired) electrons. The van der Waals surface area contributed by atoms with E-state index in [1.807, 2.05) is 0 Å². The summed E-state index contributed by atoms with van der Waals surface area (Å²) in [5, 5.41) is -0.934. The molecular weight excluding hydrogens is 392 g/mol. The van der Waals surface area contributed by atoms with Crippen LogP contribution in [0.4, 0.5) is 5.69 Å². The summed E-state index contributed by atoms with van der Waals surface area (Å²) in [5.41, 5.74) is 5.77. The second-order valence-electron chi connectivity index (χ2n) is 3.29. The van der Waals surface area contributed by atoms with E-state index in [-0.39, 0.29) is 4.99 Å². The number of hydrogen-bond acceptors (Lipinski definition) is 3. The lowest BCUT2D eigenvalue weighted by molar-refractivity contribution is 0.598. The van der Waals surface area contributed by atoms with Gasteiger partial charge in [0, 0.05) is 8.95 Å². The van der Waals surface area contributed by atoms with Crippen LogP contribution < -0.4 is 10.5 Å². The lowest BCUT2D eigenvalue weighted by Gasteiger charge is -2.15. The normalized spacial score (nSPS) is 13.1. The molecule has 8 heteroatoms. The maximum atomic E-state index is 11.9. The number of sulfonamides is 1. The van der Waals surface area contributed by atoms with Crippen LogP contribution in [0.3, 0.4) is 0 Å². The van der Waals surface area contributed by atoms with Crippen molar-refractivity contribution in [3.05, 3.63) is 27.1 Å². The number of nitrogens with two attached hydrogens (primary N) is 1. The summed E-state index contributed by atoms with van der Waals surface area (Å²) >= 11 is 11.2. The fourth-order valence-corrected chi connectivity index (χ4v) is 3.81. The quantitative estimate of drug-likeness (QED) is 0.760. The first kappa shape index (κ1) is 14.9. The minimum absolute atomic E-state index is 0.0688. The Labute approximate surface area is 122 Å². The van der Waals surface area contributed by atoms with Crippen molar-refractivity contribution in [1.82, 2.24) is 0 Å². The first-order valence-electron chi connectivity index (χ1n) is 4.50. The van der Waals surface area contributed by atoms with Crippen LogP contribution in [0.1, 0.15) is 6.92 Å². The lowest BCUT2D eigenvalue weighted by atomic mass is 10.3. The smallest absolute Gasteiger partial charge is 0.241 e. The average Bonchev–Trinajstić information content (AvgIpc) is 2.22.